The molecule has 0 fully saturated rings. The van der Waals surface area contributed by atoms with Gasteiger partial charge in [-0.1, -0.05) is 29.8 Å². The average molecular weight is 340 g/mol. The molecule has 0 saturated carbocycles. The Balaban J connectivity index is 1.56. The van der Waals surface area contributed by atoms with Crippen molar-refractivity contribution in [1.82, 2.24) is 20.6 Å². The van der Waals surface area contributed by atoms with Gasteiger partial charge in [-0.15, -0.1) is 0 Å². The summed E-state index contributed by atoms with van der Waals surface area (Å²) in [5.41, 5.74) is 2.66. The van der Waals surface area contributed by atoms with Crippen LogP contribution in [0.15, 0.2) is 42.6 Å². The zero-order valence-electron chi connectivity index (χ0n) is 12.4. The number of hydrogen-bond donors (Lipinski definition) is 2. The van der Waals surface area contributed by atoms with Gasteiger partial charge in [0, 0.05) is 11.8 Å². The Bertz CT molecular complexity index is 966. The number of nitrogens with one attached hydrogen (secondary N) is 2. The molecule has 3 aromatic rings. The average Bonchev–Trinajstić information content (AvgIpc) is 2.98. The number of rotatable bonds is 2. The minimum absolute atomic E-state index is 0.345. The highest BCUT2D eigenvalue weighted by Crippen LogP contribution is 2.23. The molecule has 0 spiro atoms. The monoisotopic (exact) mass is 339 g/mol. The minimum atomic E-state index is -0.666. The number of fused-ring (bicyclic) bond motifs is 2. The van der Waals surface area contributed by atoms with E-state index in [9.17, 15) is 9.59 Å². The van der Waals surface area contributed by atoms with Crippen LogP contribution < -0.4 is 10.6 Å². The van der Waals surface area contributed by atoms with E-state index in [0.717, 1.165) is 10.9 Å². The first-order valence-corrected chi connectivity index (χ1v) is 7.76. The van der Waals surface area contributed by atoms with Gasteiger partial charge in [0.25, 0.3) is 11.8 Å². The largest absolute Gasteiger partial charge is 0.349 e. The fourth-order valence-corrected chi connectivity index (χ4v) is 2.94. The lowest BCUT2D eigenvalue weighted by Crippen LogP contribution is -2.47. The normalized spacial score (nSPS) is 16.5. The van der Waals surface area contributed by atoms with Gasteiger partial charge in [-0.2, -0.15) is 0 Å². The molecule has 119 valence electrons. The molecule has 6 nitrogen and oxygen atoms in total. The number of nitrogens with zero attached hydrogens (tertiary/aromatic N) is 2. The zero-order chi connectivity index (χ0) is 16.7. The van der Waals surface area contributed by atoms with E-state index in [0.29, 0.717) is 28.5 Å². The van der Waals surface area contributed by atoms with Crippen LogP contribution in [0, 0.1) is 0 Å². The van der Waals surface area contributed by atoms with Crippen LogP contribution in [-0.4, -0.2) is 27.8 Å². The lowest BCUT2D eigenvalue weighted by Gasteiger charge is -2.23. The van der Waals surface area contributed by atoms with Gasteiger partial charge < -0.3 is 10.3 Å². The third kappa shape index (κ3) is 2.61. The fraction of sp³-hybridized carbons (Fsp3) is 0.118. The van der Waals surface area contributed by atoms with E-state index in [4.69, 9.17) is 11.6 Å². The molecule has 1 aliphatic rings. The van der Waals surface area contributed by atoms with Crippen LogP contribution in [0.1, 0.15) is 16.1 Å². The maximum atomic E-state index is 12.4. The van der Waals surface area contributed by atoms with Crippen LogP contribution in [0.2, 0.25) is 5.15 Å². The second kappa shape index (κ2) is 5.65. The predicted octanol–water partition coefficient (Wildman–Crippen LogP) is 2.33. The maximum absolute atomic E-state index is 12.4. The number of benzene rings is 1. The number of hydrogen-bond acceptors (Lipinski definition) is 3. The van der Waals surface area contributed by atoms with Crippen LogP contribution in [0.4, 0.5) is 5.69 Å². The number of aromatic nitrogens is 2. The molecule has 1 aromatic carbocycles. The predicted molar refractivity (Wildman–Crippen MR) is 89.3 cm³/mol. The first-order chi connectivity index (χ1) is 11.6. The quantitative estimate of drug-likeness (QED) is 0.702. The molecule has 7 heteroatoms. The lowest BCUT2D eigenvalue weighted by atomic mass is 9.99. The Morgan fingerprint density at radius 1 is 1.29 bits per heavy atom. The summed E-state index contributed by atoms with van der Waals surface area (Å²) in [5, 5.41) is 7.91. The first-order valence-electron chi connectivity index (χ1n) is 7.39. The standard InChI is InChI=1S/C17H12ClN4O2/c18-15-7-10-6-12(20-14(10)8-19-15)16(23)22-13-5-9-3-1-2-4-11(9)21-17(13)24/h1-4,6-8,13,20H,5H2,(H,22,23). The van der Waals surface area contributed by atoms with Crippen molar-refractivity contribution in [2.24, 2.45) is 0 Å². The molecule has 1 unspecified atom stereocenters. The summed E-state index contributed by atoms with van der Waals surface area (Å²) in [7, 11) is 0. The van der Waals surface area contributed by atoms with Crippen LogP contribution >= 0.6 is 11.6 Å². The Kier molecular flexibility index (Phi) is 3.46. The molecule has 2 N–H and O–H groups in total. The van der Waals surface area contributed by atoms with Crippen molar-refractivity contribution in [3.63, 3.8) is 0 Å². The van der Waals surface area contributed by atoms with Gasteiger partial charge in [0.2, 0.25) is 0 Å². The fourth-order valence-electron chi connectivity index (χ4n) is 2.77. The number of carbonyl (C=O) groups excluding carboxylic acids is 2. The van der Waals surface area contributed by atoms with E-state index in [-0.39, 0.29) is 11.8 Å². The highest BCUT2D eigenvalue weighted by Gasteiger charge is 2.29. The van der Waals surface area contributed by atoms with Crippen molar-refractivity contribution < 1.29 is 9.59 Å². The van der Waals surface area contributed by atoms with Crippen molar-refractivity contribution >= 4 is 40.0 Å². The summed E-state index contributed by atoms with van der Waals surface area (Å²) in [6.07, 6.45) is 1.99. The molecule has 4 rings (SSSR count). The maximum Gasteiger partial charge on any atom is 0.269 e. The van der Waals surface area contributed by atoms with Crippen LogP contribution in [0.25, 0.3) is 10.9 Å². The molecule has 0 aliphatic carbocycles. The van der Waals surface area contributed by atoms with Gasteiger partial charge in [-0.25, -0.2) is 10.3 Å². The molecular weight excluding hydrogens is 328 g/mol. The summed E-state index contributed by atoms with van der Waals surface area (Å²) in [4.78, 5) is 31.5. The lowest BCUT2D eigenvalue weighted by molar-refractivity contribution is -0.122. The van der Waals surface area contributed by atoms with Crippen LogP contribution in [-0.2, 0) is 11.2 Å². The number of pyridine rings is 1. The molecule has 1 radical (unpaired) electrons. The summed E-state index contributed by atoms with van der Waals surface area (Å²) >= 11 is 5.85. The van der Waals surface area contributed by atoms with Gasteiger partial charge in [0.15, 0.2) is 0 Å². The van der Waals surface area contributed by atoms with Crippen molar-refractivity contribution in [2.75, 3.05) is 0 Å². The van der Waals surface area contributed by atoms with E-state index < -0.39 is 6.04 Å². The molecule has 3 heterocycles. The topological polar surface area (TPSA) is 88.9 Å². The highest BCUT2D eigenvalue weighted by atomic mass is 35.5. The molecule has 0 bridgehead atoms. The van der Waals surface area contributed by atoms with Gasteiger partial charge in [0.1, 0.15) is 16.9 Å². The van der Waals surface area contributed by atoms with E-state index in [1.807, 2.05) is 18.2 Å². The van der Waals surface area contributed by atoms with Gasteiger partial charge in [-0.3, -0.25) is 9.59 Å². The Labute approximate surface area is 142 Å². The number of halogens is 1. The van der Waals surface area contributed by atoms with Gasteiger partial charge in [-0.05, 0) is 23.8 Å². The smallest absolute Gasteiger partial charge is 0.269 e. The van der Waals surface area contributed by atoms with E-state index in [1.54, 1.807) is 24.4 Å². The van der Waals surface area contributed by atoms with Crippen molar-refractivity contribution in [3.05, 3.63) is 59.0 Å². The molecule has 2 amide bonds. The van der Waals surface area contributed by atoms with E-state index in [2.05, 4.69) is 20.6 Å². The summed E-state index contributed by atoms with van der Waals surface area (Å²) in [6.45, 7) is 0. The second-order valence-electron chi connectivity index (χ2n) is 5.59. The Morgan fingerprint density at radius 3 is 3.00 bits per heavy atom. The number of para-hydroxylation sites is 1. The summed E-state index contributed by atoms with van der Waals surface area (Å²) in [5.74, 6) is -0.710. The number of H-pyrrole nitrogens is 1. The van der Waals surface area contributed by atoms with E-state index >= 15 is 0 Å². The molecule has 2 aromatic heterocycles. The molecule has 1 aliphatic heterocycles. The number of aromatic amines is 1. The van der Waals surface area contributed by atoms with Crippen LogP contribution in [0.3, 0.4) is 0 Å². The first kappa shape index (κ1) is 14.7. The summed E-state index contributed by atoms with van der Waals surface area (Å²) in [6, 6.07) is 10.1. The van der Waals surface area contributed by atoms with Crippen LogP contribution in [0.5, 0.6) is 0 Å². The molecule has 1 atom stereocenters. The Hall–Kier alpha value is -2.86. The van der Waals surface area contributed by atoms with Gasteiger partial charge >= 0.3 is 0 Å². The number of amides is 2. The number of carbonyl (C=O) groups is 2. The van der Waals surface area contributed by atoms with E-state index in [1.165, 1.54) is 0 Å². The SMILES string of the molecule is O=C(NC1Cc2ccccc2[N]C1=O)c1cc2cc(Cl)ncc2[nH]1. The molecule has 0 saturated heterocycles. The second-order valence-corrected chi connectivity index (χ2v) is 5.97. The zero-order valence-corrected chi connectivity index (χ0v) is 13.2. The van der Waals surface area contributed by atoms with Gasteiger partial charge in [0.05, 0.1) is 17.4 Å². The van der Waals surface area contributed by atoms with Crippen molar-refractivity contribution in [3.8, 4) is 0 Å². The Morgan fingerprint density at radius 2 is 2.12 bits per heavy atom. The third-order valence-corrected chi connectivity index (χ3v) is 4.17. The van der Waals surface area contributed by atoms with Crippen molar-refractivity contribution in [2.45, 2.75) is 12.5 Å². The summed E-state index contributed by atoms with van der Waals surface area (Å²) < 4.78 is 0. The molecule has 24 heavy (non-hydrogen) atoms. The molecular formula is C17H12ClN4O2. The minimum Gasteiger partial charge on any atom is -0.349 e. The third-order valence-electron chi connectivity index (χ3n) is 3.97. The van der Waals surface area contributed by atoms with Crippen molar-refractivity contribution in [1.29, 1.82) is 0 Å². The highest BCUT2D eigenvalue weighted by molar-refractivity contribution is 6.30.